The van der Waals surface area contributed by atoms with Crippen LogP contribution >= 0.6 is 0 Å². The van der Waals surface area contributed by atoms with Gasteiger partial charge in [-0.05, 0) is 37.5 Å². The van der Waals surface area contributed by atoms with Gasteiger partial charge in [-0.3, -0.25) is 29.3 Å². The van der Waals surface area contributed by atoms with Gasteiger partial charge in [0.1, 0.15) is 6.04 Å². The molecule has 168 valence electrons. The van der Waals surface area contributed by atoms with Crippen molar-refractivity contribution >= 4 is 45.6 Å². The Hall–Kier alpha value is -3.68. The van der Waals surface area contributed by atoms with Crippen LogP contribution in [-0.4, -0.2) is 33.5 Å². The van der Waals surface area contributed by atoms with Crippen molar-refractivity contribution in [1.82, 2.24) is 15.1 Å². The monoisotopic (exact) mass is 443 g/mol. The first-order chi connectivity index (χ1) is 16.1. The van der Waals surface area contributed by atoms with Gasteiger partial charge in [-0.1, -0.05) is 31.4 Å². The zero-order chi connectivity index (χ0) is 22.5. The van der Waals surface area contributed by atoms with Crippen LogP contribution in [0.3, 0.4) is 0 Å². The van der Waals surface area contributed by atoms with E-state index in [-0.39, 0.29) is 18.2 Å². The van der Waals surface area contributed by atoms with E-state index in [0.29, 0.717) is 23.7 Å². The second-order valence-corrected chi connectivity index (χ2v) is 9.13. The van der Waals surface area contributed by atoms with Gasteiger partial charge in [0.05, 0.1) is 23.6 Å². The molecule has 2 aliphatic heterocycles. The summed E-state index contributed by atoms with van der Waals surface area (Å²) < 4.78 is 2.07. The topological polar surface area (TPSA) is 96.3 Å². The standard InChI is InChI=1S/C25H25N5O3/c31-22-12-11-21(24(32)28-22)30-20-10-9-19(17-7-4-8-18(23(17)20)25(30)33)27-15-13-26-29(14-15)16-5-2-1-3-6-16/h4,7-10,13-14,16,21,27H,1-3,5-6,11-12H2,(H,28,31,32). The van der Waals surface area contributed by atoms with Crippen LogP contribution < -0.4 is 15.5 Å². The van der Waals surface area contributed by atoms with Crippen molar-refractivity contribution in [2.45, 2.75) is 57.0 Å². The molecule has 6 rings (SSSR count). The van der Waals surface area contributed by atoms with Crippen molar-refractivity contribution in [3.63, 3.8) is 0 Å². The maximum Gasteiger partial charge on any atom is 0.259 e. The third-order valence-electron chi connectivity index (χ3n) is 7.08. The van der Waals surface area contributed by atoms with Crippen LogP contribution in [0.25, 0.3) is 10.8 Å². The molecule has 0 spiro atoms. The number of benzene rings is 2. The second kappa shape index (κ2) is 7.72. The Morgan fingerprint density at radius 2 is 1.85 bits per heavy atom. The quantitative estimate of drug-likeness (QED) is 0.593. The molecule has 1 saturated carbocycles. The summed E-state index contributed by atoms with van der Waals surface area (Å²) in [5.41, 5.74) is 3.08. The SMILES string of the molecule is O=C1CCC(N2C(=O)c3cccc4c(Nc5cnn(C6CCCCC6)c5)ccc2c34)C(=O)N1. The maximum atomic E-state index is 13.3. The van der Waals surface area contributed by atoms with E-state index in [1.807, 2.05) is 30.5 Å². The van der Waals surface area contributed by atoms with Gasteiger partial charge >= 0.3 is 0 Å². The largest absolute Gasteiger partial charge is 0.352 e. The van der Waals surface area contributed by atoms with Gasteiger partial charge in [-0.2, -0.15) is 5.10 Å². The number of nitrogens with zero attached hydrogens (tertiary/aromatic N) is 3. The van der Waals surface area contributed by atoms with Crippen LogP contribution in [0.15, 0.2) is 42.7 Å². The second-order valence-electron chi connectivity index (χ2n) is 9.13. The fraction of sp³-hybridized carbons (Fsp3) is 0.360. The van der Waals surface area contributed by atoms with Gasteiger partial charge in [0, 0.05) is 34.6 Å². The van der Waals surface area contributed by atoms with Gasteiger partial charge in [0.2, 0.25) is 11.8 Å². The van der Waals surface area contributed by atoms with Crippen molar-refractivity contribution in [1.29, 1.82) is 0 Å². The summed E-state index contributed by atoms with van der Waals surface area (Å²) >= 11 is 0. The molecule has 2 fully saturated rings. The lowest BCUT2D eigenvalue weighted by Crippen LogP contribution is -2.53. The predicted octanol–water partition coefficient (Wildman–Crippen LogP) is 4.05. The summed E-state index contributed by atoms with van der Waals surface area (Å²) in [6.45, 7) is 0. The molecule has 1 aliphatic carbocycles. The molecule has 3 heterocycles. The summed E-state index contributed by atoms with van der Waals surface area (Å²) in [7, 11) is 0. The molecule has 3 aliphatic rings. The number of aromatic nitrogens is 2. The van der Waals surface area contributed by atoms with E-state index in [9.17, 15) is 14.4 Å². The van der Waals surface area contributed by atoms with Crippen molar-refractivity contribution in [2.75, 3.05) is 10.2 Å². The Balaban J connectivity index is 1.34. The lowest BCUT2D eigenvalue weighted by atomic mass is 9.96. The Labute approximate surface area is 190 Å². The van der Waals surface area contributed by atoms with Gasteiger partial charge in [-0.15, -0.1) is 0 Å². The molecule has 33 heavy (non-hydrogen) atoms. The van der Waals surface area contributed by atoms with Crippen LogP contribution in [0.1, 0.15) is 61.3 Å². The number of imide groups is 1. The Morgan fingerprint density at radius 1 is 1.00 bits per heavy atom. The number of amides is 3. The lowest BCUT2D eigenvalue weighted by molar-refractivity contribution is -0.134. The fourth-order valence-electron chi connectivity index (χ4n) is 5.46. The van der Waals surface area contributed by atoms with Crippen LogP contribution in [0.5, 0.6) is 0 Å². The molecule has 3 aromatic rings. The van der Waals surface area contributed by atoms with E-state index in [0.717, 1.165) is 22.1 Å². The molecular formula is C25H25N5O3. The van der Waals surface area contributed by atoms with Crippen LogP contribution in [-0.2, 0) is 9.59 Å². The molecule has 8 nitrogen and oxygen atoms in total. The number of anilines is 3. The Kier molecular flexibility index (Phi) is 4.67. The third kappa shape index (κ3) is 3.28. The minimum Gasteiger partial charge on any atom is -0.352 e. The number of rotatable bonds is 4. The maximum absolute atomic E-state index is 13.3. The zero-order valence-electron chi connectivity index (χ0n) is 18.2. The van der Waals surface area contributed by atoms with Crippen molar-refractivity contribution < 1.29 is 14.4 Å². The molecule has 1 aromatic heterocycles. The minimum atomic E-state index is -0.682. The van der Waals surface area contributed by atoms with Gasteiger partial charge in [0.15, 0.2) is 0 Å². The normalized spacial score (nSPS) is 21.0. The average Bonchev–Trinajstić information content (AvgIpc) is 3.41. The van der Waals surface area contributed by atoms with E-state index in [2.05, 4.69) is 26.6 Å². The van der Waals surface area contributed by atoms with Crippen LogP contribution in [0.4, 0.5) is 17.1 Å². The molecule has 0 radical (unpaired) electrons. The molecule has 2 aromatic carbocycles. The zero-order valence-corrected chi connectivity index (χ0v) is 18.2. The van der Waals surface area contributed by atoms with Gasteiger partial charge < -0.3 is 5.32 Å². The third-order valence-corrected chi connectivity index (χ3v) is 7.08. The van der Waals surface area contributed by atoms with Crippen molar-refractivity contribution in [2.24, 2.45) is 0 Å². The Morgan fingerprint density at radius 3 is 2.67 bits per heavy atom. The fourth-order valence-corrected chi connectivity index (χ4v) is 5.46. The van der Waals surface area contributed by atoms with Gasteiger partial charge in [-0.25, -0.2) is 0 Å². The average molecular weight is 444 g/mol. The molecule has 1 saturated heterocycles. The number of hydrogen-bond acceptors (Lipinski definition) is 5. The molecule has 3 amide bonds. The predicted molar refractivity (Wildman–Crippen MR) is 125 cm³/mol. The molecular weight excluding hydrogens is 418 g/mol. The molecule has 2 N–H and O–H groups in total. The van der Waals surface area contributed by atoms with E-state index in [1.165, 1.54) is 32.1 Å². The molecule has 0 bridgehead atoms. The summed E-state index contributed by atoms with van der Waals surface area (Å²) in [6.07, 6.45) is 10.6. The van der Waals surface area contributed by atoms with E-state index < -0.39 is 11.9 Å². The number of carbonyl (C=O) groups excluding carboxylic acids is 3. The first-order valence-electron chi connectivity index (χ1n) is 11.6. The van der Waals surface area contributed by atoms with Crippen LogP contribution in [0, 0.1) is 0 Å². The minimum absolute atomic E-state index is 0.202. The lowest BCUT2D eigenvalue weighted by Gasteiger charge is -2.30. The number of carbonyl (C=O) groups is 3. The van der Waals surface area contributed by atoms with E-state index >= 15 is 0 Å². The van der Waals surface area contributed by atoms with E-state index in [1.54, 1.807) is 11.0 Å². The van der Waals surface area contributed by atoms with E-state index in [4.69, 9.17) is 0 Å². The number of piperidine rings is 1. The molecule has 1 atom stereocenters. The Bertz CT molecular complexity index is 1290. The smallest absolute Gasteiger partial charge is 0.259 e. The van der Waals surface area contributed by atoms with Crippen LogP contribution in [0.2, 0.25) is 0 Å². The highest BCUT2D eigenvalue weighted by atomic mass is 16.2. The molecule has 8 heteroatoms. The highest BCUT2D eigenvalue weighted by molar-refractivity contribution is 6.28. The first-order valence-corrected chi connectivity index (χ1v) is 11.6. The van der Waals surface area contributed by atoms with Gasteiger partial charge in [0.25, 0.3) is 5.91 Å². The van der Waals surface area contributed by atoms with Crippen molar-refractivity contribution in [3.05, 3.63) is 48.3 Å². The molecule has 1 unspecified atom stereocenters. The van der Waals surface area contributed by atoms with Crippen molar-refractivity contribution in [3.8, 4) is 0 Å². The summed E-state index contributed by atoms with van der Waals surface area (Å²) in [4.78, 5) is 38.9. The summed E-state index contributed by atoms with van der Waals surface area (Å²) in [5, 5.41) is 12.2. The number of hydrogen-bond donors (Lipinski definition) is 2. The first kappa shape index (κ1) is 20.0. The highest BCUT2D eigenvalue weighted by Crippen LogP contribution is 2.43. The summed E-state index contributed by atoms with van der Waals surface area (Å²) in [5.74, 6) is -0.913. The highest BCUT2D eigenvalue weighted by Gasteiger charge is 2.40. The number of nitrogens with one attached hydrogen (secondary N) is 2. The summed E-state index contributed by atoms with van der Waals surface area (Å²) in [6, 6.07) is 9.25.